The van der Waals surface area contributed by atoms with Crippen LogP contribution in [0, 0.1) is 0 Å². The first kappa shape index (κ1) is 20.4. The smallest absolute Gasteiger partial charge is 0.325 e. The summed E-state index contributed by atoms with van der Waals surface area (Å²) < 4.78 is 7.55. The van der Waals surface area contributed by atoms with Gasteiger partial charge in [-0.05, 0) is 54.1 Å². The van der Waals surface area contributed by atoms with E-state index in [4.69, 9.17) is 4.74 Å². The first-order valence-corrected chi connectivity index (χ1v) is 10.9. The van der Waals surface area contributed by atoms with E-state index < -0.39 is 0 Å². The number of fused-ring (bicyclic) bond motifs is 1. The van der Waals surface area contributed by atoms with E-state index in [0.717, 1.165) is 15.1 Å². The van der Waals surface area contributed by atoms with E-state index in [1.807, 2.05) is 30.5 Å². The summed E-state index contributed by atoms with van der Waals surface area (Å²) in [7, 11) is 1.35. The van der Waals surface area contributed by atoms with Crippen molar-refractivity contribution in [2.45, 2.75) is 31.2 Å². The summed E-state index contributed by atoms with van der Waals surface area (Å²) >= 11 is 3.02. The summed E-state index contributed by atoms with van der Waals surface area (Å²) in [5, 5.41) is 0. The number of methoxy groups -OCH3 is 1. The van der Waals surface area contributed by atoms with E-state index in [9.17, 15) is 9.59 Å². The van der Waals surface area contributed by atoms with Crippen LogP contribution >= 0.6 is 23.1 Å². The van der Waals surface area contributed by atoms with Crippen molar-refractivity contribution in [1.82, 2.24) is 4.57 Å². The van der Waals surface area contributed by atoms with Crippen LogP contribution in [-0.2, 0) is 16.1 Å². The molecule has 5 nitrogen and oxygen atoms in total. The Hall–Kier alpha value is -2.38. The number of thiazole rings is 1. The van der Waals surface area contributed by atoms with E-state index in [0.29, 0.717) is 16.3 Å². The molecule has 146 valence electrons. The zero-order chi connectivity index (χ0) is 20.3. The van der Waals surface area contributed by atoms with Gasteiger partial charge in [0.1, 0.15) is 6.54 Å². The van der Waals surface area contributed by atoms with Gasteiger partial charge in [0.2, 0.25) is 0 Å². The molecule has 0 aliphatic rings. The van der Waals surface area contributed by atoms with E-state index in [1.54, 1.807) is 28.5 Å². The van der Waals surface area contributed by atoms with Crippen LogP contribution in [0.4, 0.5) is 0 Å². The second-order valence-electron chi connectivity index (χ2n) is 6.57. The zero-order valence-corrected chi connectivity index (χ0v) is 17.9. The average molecular weight is 415 g/mol. The Balaban J connectivity index is 2.10. The van der Waals surface area contributed by atoms with Gasteiger partial charge in [-0.3, -0.25) is 9.59 Å². The predicted octanol–water partition coefficient (Wildman–Crippen LogP) is 4.46. The molecule has 28 heavy (non-hydrogen) atoms. The number of hydrogen-bond donors (Lipinski definition) is 0. The van der Waals surface area contributed by atoms with E-state index in [2.05, 4.69) is 24.9 Å². The van der Waals surface area contributed by atoms with Crippen molar-refractivity contribution < 1.29 is 14.3 Å². The van der Waals surface area contributed by atoms with Crippen molar-refractivity contribution in [2.75, 3.05) is 13.4 Å². The number of esters is 1. The van der Waals surface area contributed by atoms with Crippen molar-refractivity contribution in [3.8, 4) is 0 Å². The highest BCUT2D eigenvalue weighted by Crippen LogP contribution is 2.24. The average Bonchev–Trinajstić information content (AvgIpc) is 3.03. The first-order chi connectivity index (χ1) is 13.4. The van der Waals surface area contributed by atoms with Crippen LogP contribution in [0.15, 0.2) is 52.4 Å². The molecule has 1 aromatic heterocycles. The molecule has 3 aromatic rings. The lowest BCUT2D eigenvalue weighted by molar-refractivity contribution is -0.141. The quantitative estimate of drug-likeness (QED) is 0.457. The fourth-order valence-electron chi connectivity index (χ4n) is 2.77. The van der Waals surface area contributed by atoms with Crippen LogP contribution in [0.3, 0.4) is 0 Å². The van der Waals surface area contributed by atoms with Crippen LogP contribution in [-0.4, -0.2) is 29.8 Å². The van der Waals surface area contributed by atoms with Gasteiger partial charge in [0.25, 0.3) is 5.91 Å². The molecule has 0 atom stereocenters. The minimum absolute atomic E-state index is 0.00898. The molecule has 0 N–H and O–H groups in total. The molecule has 0 fully saturated rings. The summed E-state index contributed by atoms with van der Waals surface area (Å²) in [4.78, 5) is 30.5. The summed E-state index contributed by atoms with van der Waals surface area (Å²) in [6, 6.07) is 13.4. The lowest BCUT2D eigenvalue weighted by Crippen LogP contribution is -2.22. The molecule has 0 saturated carbocycles. The number of carbonyl (C=O) groups excluding carboxylic acids is 2. The summed E-state index contributed by atoms with van der Waals surface area (Å²) in [5.41, 5.74) is 2.58. The number of ether oxygens (including phenoxy) is 1. The highest BCUT2D eigenvalue weighted by molar-refractivity contribution is 7.98. The van der Waals surface area contributed by atoms with Gasteiger partial charge in [-0.15, -0.1) is 11.8 Å². The van der Waals surface area contributed by atoms with Gasteiger partial charge in [0.15, 0.2) is 4.80 Å². The number of benzene rings is 2. The highest BCUT2D eigenvalue weighted by Gasteiger charge is 2.13. The lowest BCUT2D eigenvalue weighted by Gasteiger charge is -2.06. The standard InChI is InChI=1S/C21H22N2O3S2/c1-13(2)15-7-10-17-18(11-15)28-21(23(17)12-19(24)26-3)22-20(25)14-5-8-16(27-4)9-6-14/h5-11,13H,12H2,1-4H3. The fourth-order valence-corrected chi connectivity index (χ4v) is 4.25. The molecule has 0 aliphatic carbocycles. The second-order valence-corrected chi connectivity index (χ2v) is 8.46. The minimum atomic E-state index is -0.383. The van der Waals surface area contributed by atoms with Gasteiger partial charge in [-0.2, -0.15) is 4.99 Å². The van der Waals surface area contributed by atoms with Gasteiger partial charge < -0.3 is 9.30 Å². The monoisotopic (exact) mass is 414 g/mol. The zero-order valence-electron chi connectivity index (χ0n) is 16.3. The molecule has 0 unspecified atom stereocenters. The molecule has 1 amide bonds. The third kappa shape index (κ3) is 4.36. The summed E-state index contributed by atoms with van der Waals surface area (Å²) in [5.74, 6) is -0.328. The van der Waals surface area contributed by atoms with Crippen molar-refractivity contribution in [2.24, 2.45) is 4.99 Å². The van der Waals surface area contributed by atoms with Crippen molar-refractivity contribution in [1.29, 1.82) is 0 Å². The van der Waals surface area contributed by atoms with E-state index in [-0.39, 0.29) is 18.4 Å². The first-order valence-electron chi connectivity index (χ1n) is 8.86. The minimum Gasteiger partial charge on any atom is -0.468 e. The van der Waals surface area contributed by atoms with Gasteiger partial charge in [0, 0.05) is 10.5 Å². The Morgan fingerprint density at radius 1 is 1.18 bits per heavy atom. The maximum Gasteiger partial charge on any atom is 0.325 e. The largest absolute Gasteiger partial charge is 0.468 e. The second kappa shape index (κ2) is 8.75. The molecule has 2 aromatic carbocycles. The summed E-state index contributed by atoms with van der Waals surface area (Å²) in [6.45, 7) is 4.27. The van der Waals surface area contributed by atoms with Crippen LogP contribution in [0.2, 0.25) is 0 Å². The normalized spacial score (nSPS) is 12.0. The maximum absolute atomic E-state index is 12.7. The number of rotatable bonds is 5. The van der Waals surface area contributed by atoms with E-state index in [1.165, 1.54) is 24.0 Å². The SMILES string of the molecule is COC(=O)Cn1c(=NC(=O)c2ccc(SC)cc2)sc2cc(C(C)C)ccc21. The number of carbonyl (C=O) groups is 2. The van der Waals surface area contributed by atoms with Crippen LogP contribution in [0.1, 0.15) is 35.7 Å². The molecule has 1 heterocycles. The Morgan fingerprint density at radius 3 is 2.50 bits per heavy atom. The third-order valence-electron chi connectivity index (χ3n) is 4.42. The van der Waals surface area contributed by atoms with Gasteiger partial charge in [-0.25, -0.2) is 0 Å². The molecular weight excluding hydrogens is 392 g/mol. The van der Waals surface area contributed by atoms with Gasteiger partial charge >= 0.3 is 5.97 Å². The maximum atomic E-state index is 12.7. The number of nitrogens with zero attached hydrogens (tertiary/aromatic N) is 2. The highest BCUT2D eigenvalue weighted by atomic mass is 32.2. The molecule has 0 radical (unpaired) electrons. The van der Waals surface area contributed by atoms with Gasteiger partial charge in [0.05, 0.1) is 17.3 Å². The van der Waals surface area contributed by atoms with Crippen LogP contribution < -0.4 is 4.80 Å². The number of thioether (sulfide) groups is 1. The van der Waals surface area contributed by atoms with Crippen molar-refractivity contribution >= 4 is 45.2 Å². The van der Waals surface area contributed by atoms with Gasteiger partial charge in [-0.1, -0.05) is 31.3 Å². The summed E-state index contributed by atoms with van der Waals surface area (Å²) in [6.07, 6.45) is 1.99. The topological polar surface area (TPSA) is 60.7 Å². The number of hydrogen-bond acceptors (Lipinski definition) is 5. The van der Waals surface area contributed by atoms with E-state index >= 15 is 0 Å². The van der Waals surface area contributed by atoms with Crippen molar-refractivity contribution in [3.63, 3.8) is 0 Å². The molecule has 0 spiro atoms. The number of amides is 1. The van der Waals surface area contributed by atoms with Crippen LogP contribution in [0.5, 0.6) is 0 Å². The lowest BCUT2D eigenvalue weighted by atomic mass is 10.0. The third-order valence-corrected chi connectivity index (χ3v) is 6.21. The number of aromatic nitrogens is 1. The molecule has 0 bridgehead atoms. The fraction of sp³-hybridized carbons (Fsp3) is 0.286. The Morgan fingerprint density at radius 2 is 1.89 bits per heavy atom. The molecule has 7 heteroatoms. The molecular formula is C21H22N2O3S2. The Bertz CT molecular complexity index is 1080. The van der Waals surface area contributed by atoms with Crippen molar-refractivity contribution in [3.05, 3.63) is 58.4 Å². The molecule has 0 saturated heterocycles. The molecule has 3 rings (SSSR count). The predicted molar refractivity (Wildman–Crippen MR) is 114 cm³/mol. The molecule has 0 aliphatic heterocycles. The van der Waals surface area contributed by atoms with Crippen LogP contribution in [0.25, 0.3) is 10.2 Å². The Kier molecular flexibility index (Phi) is 6.36. The Labute approximate surface area is 172 Å².